The predicted octanol–water partition coefficient (Wildman–Crippen LogP) is 2.29. The molecular weight excluding hydrogens is 250 g/mol. The average molecular weight is 277 g/mol. The zero-order chi connectivity index (χ0) is 13.6. The summed E-state index contributed by atoms with van der Waals surface area (Å²) < 4.78 is 27.3. The van der Waals surface area contributed by atoms with E-state index in [9.17, 15) is 8.42 Å². The Labute approximate surface area is 111 Å². The lowest BCUT2D eigenvalue weighted by molar-refractivity contribution is 0.00113. The highest BCUT2D eigenvalue weighted by molar-refractivity contribution is 7.89. The molecule has 1 saturated carbocycles. The van der Waals surface area contributed by atoms with Crippen molar-refractivity contribution in [1.82, 2.24) is 0 Å². The Morgan fingerprint density at radius 2 is 1.83 bits per heavy atom. The average Bonchev–Trinajstić information content (AvgIpc) is 2.26. The number of hydrogen-bond acceptors (Lipinski definition) is 3. The van der Waals surface area contributed by atoms with Crippen LogP contribution in [0.1, 0.15) is 52.4 Å². The van der Waals surface area contributed by atoms with E-state index in [1.165, 1.54) is 19.3 Å². The van der Waals surface area contributed by atoms with Gasteiger partial charge in [-0.1, -0.05) is 20.3 Å². The van der Waals surface area contributed by atoms with E-state index in [0.29, 0.717) is 12.5 Å². The van der Waals surface area contributed by atoms with Gasteiger partial charge in [0.15, 0.2) is 0 Å². The van der Waals surface area contributed by atoms with Gasteiger partial charge in [-0.05, 0) is 43.9 Å². The van der Waals surface area contributed by atoms with Crippen molar-refractivity contribution in [3.05, 3.63) is 0 Å². The Hall–Kier alpha value is -0.130. The van der Waals surface area contributed by atoms with E-state index in [0.717, 1.165) is 31.3 Å². The van der Waals surface area contributed by atoms with Crippen LogP contribution in [0.3, 0.4) is 0 Å². The number of hydrogen-bond donors (Lipinski definition) is 1. The van der Waals surface area contributed by atoms with E-state index in [2.05, 4.69) is 13.8 Å². The maximum Gasteiger partial charge on any atom is 0.209 e. The van der Waals surface area contributed by atoms with Crippen molar-refractivity contribution in [2.75, 3.05) is 12.4 Å². The third kappa shape index (κ3) is 6.71. The second-order valence-corrected chi connectivity index (χ2v) is 7.42. The molecule has 2 N–H and O–H groups in total. The van der Waals surface area contributed by atoms with E-state index in [1.54, 1.807) is 0 Å². The van der Waals surface area contributed by atoms with Gasteiger partial charge in [-0.15, -0.1) is 0 Å². The first kappa shape index (κ1) is 15.9. The lowest BCUT2D eigenvalue weighted by Crippen LogP contribution is -2.27. The summed E-state index contributed by atoms with van der Waals surface area (Å²) in [4.78, 5) is 0. The molecule has 0 radical (unpaired) electrons. The van der Waals surface area contributed by atoms with Crippen LogP contribution in [0.2, 0.25) is 0 Å². The number of nitrogens with two attached hydrogens (primary N) is 1. The summed E-state index contributed by atoms with van der Waals surface area (Å²) in [6.45, 7) is 5.36. The molecule has 108 valence electrons. The van der Waals surface area contributed by atoms with Crippen molar-refractivity contribution in [3.8, 4) is 0 Å². The minimum absolute atomic E-state index is 0.0883. The van der Waals surface area contributed by atoms with E-state index >= 15 is 0 Å². The highest BCUT2D eigenvalue weighted by Crippen LogP contribution is 2.30. The van der Waals surface area contributed by atoms with E-state index in [1.807, 2.05) is 0 Å². The summed E-state index contributed by atoms with van der Waals surface area (Å²) in [5.41, 5.74) is 0. The number of ether oxygens (including phenoxy) is 1. The van der Waals surface area contributed by atoms with Crippen LogP contribution in [0.15, 0.2) is 0 Å². The van der Waals surface area contributed by atoms with Gasteiger partial charge in [-0.2, -0.15) is 0 Å². The molecule has 18 heavy (non-hydrogen) atoms. The second-order valence-electron chi connectivity index (χ2n) is 5.69. The molecule has 0 aliphatic heterocycles. The highest BCUT2D eigenvalue weighted by Gasteiger charge is 2.24. The maximum atomic E-state index is 10.7. The summed E-state index contributed by atoms with van der Waals surface area (Å²) in [6.07, 6.45) is 6.44. The molecule has 0 heterocycles. The van der Waals surface area contributed by atoms with Gasteiger partial charge in [-0.25, -0.2) is 13.6 Å². The second kappa shape index (κ2) is 7.46. The first-order valence-electron chi connectivity index (χ1n) is 7.00. The highest BCUT2D eigenvalue weighted by atomic mass is 32.2. The monoisotopic (exact) mass is 277 g/mol. The largest absolute Gasteiger partial charge is 0.378 e. The van der Waals surface area contributed by atoms with Gasteiger partial charge in [0.2, 0.25) is 10.0 Å². The molecule has 4 nitrogen and oxygen atoms in total. The topological polar surface area (TPSA) is 69.4 Å². The Bertz CT molecular complexity index is 329. The lowest BCUT2D eigenvalue weighted by atomic mass is 9.80. The third-order valence-electron chi connectivity index (χ3n) is 3.98. The van der Waals surface area contributed by atoms with E-state index in [-0.39, 0.29) is 5.75 Å². The molecule has 1 aliphatic carbocycles. The maximum absolute atomic E-state index is 10.7. The van der Waals surface area contributed by atoms with Crippen LogP contribution >= 0.6 is 0 Å². The van der Waals surface area contributed by atoms with Crippen molar-refractivity contribution >= 4 is 10.0 Å². The summed E-state index contributed by atoms with van der Waals surface area (Å²) in [6, 6.07) is 0. The van der Waals surface area contributed by atoms with Crippen molar-refractivity contribution in [3.63, 3.8) is 0 Å². The van der Waals surface area contributed by atoms with Gasteiger partial charge in [-0.3, -0.25) is 0 Å². The molecule has 5 heteroatoms. The van der Waals surface area contributed by atoms with Gasteiger partial charge in [0.25, 0.3) is 0 Å². The molecule has 0 amide bonds. The van der Waals surface area contributed by atoms with Crippen LogP contribution in [-0.2, 0) is 14.8 Å². The Balaban J connectivity index is 2.01. The smallest absolute Gasteiger partial charge is 0.209 e. The summed E-state index contributed by atoms with van der Waals surface area (Å²) >= 11 is 0. The lowest BCUT2D eigenvalue weighted by Gasteiger charge is -2.31. The Morgan fingerprint density at radius 1 is 1.11 bits per heavy atom. The van der Waals surface area contributed by atoms with Crippen molar-refractivity contribution < 1.29 is 13.2 Å². The van der Waals surface area contributed by atoms with Crippen LogP contribution < -0.4 is 5.14 Å². The number of unbranched alkanes of at least 4 members (excludes halogenated alkanes) is 2. The molecule has 0 saturated heterocycles. The van der Waals surface area contributed by atoms with Crippen LogP contribution in [0, 0.1) is 11.8 Å². The zero-order valence-electron chi connectivity index (χ0n) is 11.6. The fourth-order valence-electron chi connectivity index (χ4n) is 2.48. The molecule has 0 aromatic rings. The standard InChI is InChI=1S/C13H27NO3S/c1-11-6-7-13(10-12(11)2)17-8-4-3-5-9-18(14,15)16/h11-13H,3-10H2,1-2H3,(H2,14,15,16). The molecule has 1 rings (SSSR count). The van der Waals surface area contributed by atoms with Crippen LogP contribution in [0.25, 0.3) is 0 Å². The predicted molar refractivity (Wildman–Crippen MR) is 73.7 cm³/mol. The van der Waals surface area contributed by atoms with Crippen LogP contribution in [0.5, 0.6) is 0 Å². The van der Waals surface area contributed by atoms with Gasteiger partial charge in [0.1, 0.15) is 0 Å². The number of rotatable bonds is 7. The normalized spacial score (nSPS) is 29.4. The Morgan fingerprint density at radius 3 is 2.44 bits per heavy atom. The fraction of sp³-hybridized carbons (Fsp3) is 1.00. The van der Waals surface area contributed by atoms with Crippen LogP contribution in [-0.4, -0.2) is 26.9 Å². The van der Waals surface area contributed by atoms with E-state index in [4.69, 9.17) is 9.88 Å². The number of primary sulfonamides is 1. The molecule has 0 aromatic heterocycles. The fourth-order valence-corrected chi connectivity index (χ4v) is 3.09. The van der Waals surface area contributed by atoms with Crippen molar-refractivity contribution in [2.45, 2.75) is 58.5 Å². The van der Waals surface area contributed by atoms with Crippen LogP contribution in [0.4, 0.5) is 0 Å². The first-order chi connectivity index (χ1) is 8.38. The van der Waals surface area contributed by atoms with Gasteiger partial charge >= 0.3 is 0 Å². The zero-order valence-corrected chi connectivity index (χ0v) is 12.4. The molecule has 1 fully saturated rings. The third-order valence-corrected chi connectivity index (χ3v) is 4.83. The minimum Gasteiger partial charge on any atom is -0.378 e. The SMILES string of the molecule is CC1CCC(OCCCCCS(N)(=O)=O)CC1C. The molecule has 0 spiro atoms. The summed E-state index contributed by atoms with van der Waals surface area (Å²) in [5, 5.41) is 4.94. The number of sulfonamides is 1. The molecular formula is C13H27NO3S. The minimum atomic E-state index is -3.29. The summed E-state index contributed by atoms with van der Waals surface area (Å²) in [5.74, 6) is 1.66. The molecule has 0 bridgehead atoms. The van der Waals surface area contributed by atoms with Gasteiger partial charge < -0.3 is 4.74 Å². The van der Waals surface area contributed by atoms with Gasteiger partial charge in [0, 0.05) is 6.61 Å². The molecule has 3 unspecified atom stereocenters. The van der Waals surface area contributed by atoms with Crippen molar-refractivity contribution in [2.24, 2.45) is 17.0 Å². The first-order valence-corrected chi connectivity index (χ1v) is 8.72. The van der Waals surface area contributed by atoms with E-state index < -0.39 is 10.0 Å². The molecule has 3 atom stereocenters. The Kier molecular flexibility index (Phi) is 6.60. The summed E-state index contributed by atoms with van der Waals surface area (Å²) in [7, 11) is -3.29. The quantitative estimate of drug-likeness (QED) is 0.726. The molecule has 1 aliphatic rings. The van der Waals surface area contributed by atoms with Gasteiger partial charge in [0.05, 0.1) is 11.9 Å². The van der Waals surface area contributed by atoms with Crippen molar-refractivity contribution in [1.29, 1.82) is 0 Å². The molecule has 0 aromatic carbocycles.